The highest BCUT2D eigenvalue weighted by atomic mass is 16.7. The summed E-state index contributed by atoms with van der Waals surface area (Å²) in [5, 5.41) is 72.1. The van der Waals surface area contributed by atoms with E-state index in [0.29, 0.717) is 12.8 Å². The first-order valence-corrected chi connectivity index (χ1v) is 27.4. The lowest BCUT2D eigenvalue weighted by Crippen LogP contribution is -2.61. The van der Waals surface area contributed by atoms with Crippen LogP contribution in [0.3, 0.4) is 0 Å². The van der Waals surface area contributed by atoms with Crippen LogP contribution in [0.4, 0.5) is 0 Å². The first kappa shape index (κ1) is 63.1. The molecule has 0 radical (unpaired) electrons. The van der Waals surface area contributed by atoms with E-state index in [1.165, 1.54) is 116 Å². The monoisotopic (exact) mass is 987 g/mol. The Bertz CT molecular complexity index is 1300. The van der Waals surface area contributed by atoms with Crippen LogP contribution in [-0.2, 0) is 38.0 Å². The molecule has 4 unspecified atom stereocenters. The summed E-state index contributed by atoms with van der Waals surface area (Å²) < 4.78 is 33.6. The molecule has 15 nitrogen and oxygen atoms in total. The third-order valence-corrected chi connectivity index (χ3v) is 13.2. The molecule has 0 saturated carbocycles. The molecular formula is C54H98O15. The van der Waals surface area contributed by atoms with Gasteiger partial charge in [-0.05, 0) is 64.2 Å². The number of esters is 2. The topological polar surface area (TPSA) is 231 Å². The van der Waals surface area contributed by atoms with Crippen molar-refractivity contribution in [2.24, 2.45) is 0 Å². The molecule has 0 aliphatic carbocycles. The van der Waals surface area contributed by atoms with Crippen molar-refractivity contribution in [1.29, 1.82) is 0 Å². The molecule has 0 aromatic carbocycles. The number of carbonyl (C=O) groups excluding carboxylic acids is 2. The molecule has 2 rings (SSSR count). The van der Waals surface area contributed by atoms with Crippen LogP contribution in [0.1, 0.15) is 213 Å². The Labute approximate surface area is 415 Å². The lowest BCUT2D eigenvalue weighted by Gasteiger charge is -2.42. The molecule has 69 heavy (non-hydrogen) atoms. The van der Waals surface area contributed by atoms with Crippen LogP contribution >= 0.6 is 0 Å². The van der Waals surface area contributed by atoms with E-state index in [-0.39, 0.29) is 26.1 Å². The first-order valence-electron chi connectivity index (χ1n) is 27.4. The highest BCUT2D eigenvalue weighted by Crippen LogP contribution is 2.27. The van der Waals surface area contributed by atoms with Crippen molar-refractivity contribution in [3.8, 4) is 0 Å². The molecule has 2 aliphatic heterocycles. The fourth-order valence-corrected chi connectivity index (χ4v) is 8.62. The van der Waals surface area contributed by atoms with Gasteiger partial charge >= 0.3 is 11.9 Å². The molecular weight excluding hydrogens is 889 g/mol. The van der Waals surface area contributed by atoms with Gasteiger partial charge in [-0.25, -0.2) is 0 Å². The number of carbonyl (C=O) groups is 2. The molecule has 7 N–H and O–H groups in total. The van der Waals surface area contributed by atoms with E-state index in [9.17, 15) is 45.3 Å². The summed E-state index contributed by atoms with van der Waals surface area (Å²) in [6, 6.07) is 0. The summed E-state index contributed by atoms with van der Waals surface area (Å²) in [7, 11) is 0. The second-order valence-electron chi connectivity index (χ2n) is 19.4. The lowest BCUT2D eigenvalue weighted by molar-refractivity contribution is -0.332. The van der Waals surface area contributed by atoms with Crippen molar-refractivity contribution in [3.63, 3.8) is 0 Å². The van der Waals surface area contributed by atoms with Gasteiger partial charge in [0.2, 0.25) is 0 Å². The van der Waals surface area contributed by atoms with Crippen molar-refractivity contribution >= 4 is 11.9 Å². The van der Waals surface area contributed by atoms with Gasteiger partial charge in [0.1, 0.15) is 55.4 Å². The van der Waals surface area contributed by atoms with Crippen LogP contribution < -0.4 is 0 Å². The molecule has 0 bridgehead atoms. The number of allylic oxidation sites excluding steroid dienone is 4. The van der Waals surface area contributed by atoms with Crippen molar-refractivity contribution in [2.45, 2.75) is 280 Å². The van der Waals surface area contributed by atoms with Crippen LogP contribution in [-0.4, -0.2) is 142 Å². The molecule has 2 saturated heterocycles. The first-order chi connectivity index (χ1) is 33.5. The van der Waals surface area contributed by atoms with Gasteiger partial charge in [-0.15, -0.1) is 0 Å². The molecule has 11 atom stereocenters. The minimum absolute atomic E-state index is 0.165. The van der Waals surface area contributed by atoms with E-state index < -0.39 is 92.7 Å². The summed E-state index contributed by atoms with van der Waals surface area (Å²) in [5.74, 6) is -0.930. The van der Waals surface area contributed by atoms with Gasteiger partial charge in [-0.1, -0.05) is 160 Å². The van der Waals surface area contributed by atoms with Gasteiger partial charge in [0.15, 0.2) is 18.7 Å². The molecule has 0 aromatic heterocycles. The maximum atomic E-state index is 13.0. The van der Waals surface area contributed by atoms with Crippen LogP contribution in [0.5, 0.6) is 0 Å². The molecule has 404 valence electrons. The zero-order valence-corrected chi connectivity index (χ0v) is 42.8. The zero-order valence-electron chi connectivity index (χ0n) is 42.8. The number of hydrogen-bond acceptors (Lipinski definition) is 15. The summed E-state index contributed by atoms with van der Waals surface area (Å²) in [6.45, 7) is 2.57. The zero-order chi connectivity index (χ0) is 50.3. The predicted molar refractivity (Wildman–Crippen MR) is 266 cm³/mol. The van der Waals surface area contributed by atoms with E-state index in [1.807, 2.05) is 0 Å². The number of aliphatic hydroxyl groups is 7. The molecule has 2 fully saturated rings. The van der Waals surface area contributed by atoms with Crippen molar-refractivity contribution < 1.29 is 73.8 Å². The maximum absolute atomic E-state index is 13.0. The average Bonchev–Trinajstić information content (AvgIpc) is 3.34. The highest BCUT2D eigenvalue weighted by molar-refractivity contribution is 5.70. The lowest BCUT2D eigenvalue weighted by atomic mass is 9.98. The second kappa shape index (κ2) is 41.5. The second-order valence-corrected chi connectivity index (χ2v) is 19.4. The Morgan fingerprint density at radius 2 is 0.826 bits per heavy atom. The van der Waals surface area contributed by atoms with Gasteiger partial charge in [0.05, 0.1) is 19.8 Å². The van der Waals surface area contributed by atoms with E-state index >= 15 is 0 Å². The van der Waals surface area contributed by atoms with Crippen LogP contribution in [0.15, 0.2) is 24.3 Å². The van der Waals surface area contributed by atoms with Gasteiger partial charge in [-0.2, -0.15) is 0 Å². The van der Waals surface area contributed by atoms with Crippen LogP contribution in [0.2, 0.25) is 0 Å². The average molecular weight is 987 g/mol. The van der Waals surface area contributed by atoms with E-state index in [0.717, 1.165) is 57.8 Å². The Morgan fingerprint density at radius 3 is 1.30 bits per heavy atom. The Kier molecular flexibility index (Phi) is 37.9. The van der Waals surface area contributed by atoms with Gasteiger partial charge in [0, 0.05) is 12.8 Å². The fourth-order valence-electron chi connectivity index (χ4n) is 8.62. The van der Waals surface area contributed by atoms with Gasteiger partial charge in [-0.3, -0.25) is 9.59 Å². The van der Waals surface area contributed by atoms with Crippen molar-refractivity contribution in [3.05, 3.63) is 24.3 Å². The van der Waals surface area contributed by atoms with Gasteiger partial charge in [0.25, 0.3) is 0 Å². The SMILES string of the molecule is CCCCC/C=C/CCCCCCCC(=O)OC[C@H](CO[C@H]1O[C@@H](CO[C@H]2O[C@@H](CO)[C@@H](O)C(O)C2O)[C@@H](O)C(O)C1O)OC(=O)CCCCCCCCCCCCC/C=C/CCCCCCCC. The summed E-state index contributed by atoms with van der Waals surface area (Å²) in [5.41, 5.74) is 0. The molecule has 0 spiro atoms. The molecule has 0 amide bonds. The number of unbranched alkanes of at least 4 members (excludes halogenated alkanes) is 25. The Hall–Kier alpha value is -2.02. The Morgan fingerprint density at radius 1 is 0.449 bits per heavy atom. The Balaban J connectivity index is 1.76. The molecule has 2 heterocycles. The van der Waals surface area contributed by atoms with Crippen molar-refractivity contribution in [1.82, 2.24) is 0 Å². The predicted octanol–water partition coefficient (Wildman–Crippen LogP) is 8.33. The third kappa shape index (κ3) is 29.3. The number of aliphatic hydroxyl groups excluding tert-OH is 7. The maximum Gasteiger partial charge on any atom is 0.306 e. The largest absolute Gasteiger partial charge is 0.462 e. The van der Waals surface area contributed by atoms with Crippen molar-refractivity contribution in [2.75, 3.05) is 26.4 Å². The number of hydrogen-bond donors (Lipinski definition) is 7. The fraction of sp³-hybridized carbons (Fsp3) is 0.889. The van der Waals surface area contributed by atoms with E-state index in [4.69, 9.17) is 28.4 Å². The molecule has 2 aliphatic rings. The van der Waals surface area contributed by atoms with Crippen LogP contribution in [0, 0.1) is 0 Å². The summed E-state index contributed by atoms with van der Waals surface area (Å²) >= 11 is 0. The highest BCUT2D eigenvalue weighted by Gasteiger charge is 2.47. The third-order valence-electron chi connectivity index (χ3n) is 13.2. The number of rotatable bonds is 43. The standard InChI is InChI=1S/C54H98O15/c1-3-5-7-9-11-13-15-17-18-19-20-21-22-23-24-25-27-29-31-33-35-37-46(57)67-42(39-64-45(56)36-34-32-30-28-26-16-14-12-10-8-6-4-2)40-65-53-52(63)50(61)48(59)44(69-53)41-66-54-51(62)49(60)47(58)43(38-55)68-54/h12,14,17-18,42-44,47-55,58-63H,3-11,13,15-16,19-41H2,1-2H3/b14-12+,18-17+/t42-,43+,44+,47-,48-,49?,50?,51?,52?,53+,54+/m1/s1. The van der Waals surface area contributed by atoms with E-state index in [1.54, 1.807) is 0 Å². The number of ether oxygens (including phenoxy) is 6. The normalized spacial score (nSPS) is 25.7. The summed E-state index contributed by atoms with van der Waals surface area (Å²) in [6.07, 6.45) is 26.4. The van der Waals surface area contributed by atoms with Crippen LogP contribution in [0.25, 0.3) is 0 Å². The molecule has 0 aromatic rings. The van der Waals surface area contributed by atoms with Gasteiger partial charge < -0.3 is 64.2 Å². The minimum Gasteiger partial charge on any atom is -0.462 e. The molecule has 15 heteroatoms. The smallest absolute Gasteiger partial charge is 0.306 e. The quantitative estimate of drug-likeness (QED) is 0.0173. The minimum atomic E-state index is -1.76. The van der Waals surface area contributed by atoms with E-state index in [2.05, 4.69) is 38.2 Å². The summed E-state index contributed by atoms with van der Waals surface area (Å²) in [4.78, 5) is 25.8.